The van der Waals surface area contributed by atoms with Gasteiger partial charge in [0, 0.05) is 13.1 Å². The number of carbonyl (C=O) groups excluding carboxylic acids is 2. The van der Waals surface area contributed by atoms with Crippen molar-refractivity contribution in [3.8, 4) is 11.5 Å². The van der Waals surface area contributed by atoms with Crippen molar-refractivity contribution in [2.75, 3.05) is 40.4 Å². The van der Waals surface area contributed by atoms with Gasteiger partial charge in [0.25, 0.3) is 0 Å². The van der Waals surface area contributed by atoms with Gasteiger partial charge in [0.1, 0.15) is 11.5 Å². The van der Waals surface area contributed by atoms with Crippen molar-refractivity contribution in [2.45, 2.75) is 88.6 Å². The number of hydrogen-bond acceptors (Lipinski definition) is 12. The van der Waals surface area contributed by atoms with Crippen LogP contribution in [0.5, 0.6) is 11.5 Å². The van der Waals surface area contributed by atoms with E-state index in [9.17, 15) is 19.2 Å². The van der Waals surface area contributed by atoms with E-state index in [-0.39, 0.29) is 11.9 Å². The van der Waals surface area contributed by atoms with Crippen molar-refractivity contribution in [3.63, 3.8) is 0 Å². The van der Waals surface area contributed by atoms with Crippen molar-refractivity contribution in [3.05, 3.63) is 59.7 Å². The zero-order valence-corrected chi connectivity index (χ0v) is 29.6. The highest BCUT2D eigenvalue weighted by Crippen LogP contribution is 2.29. The number of aliphatic hydroxyl groups excluding tert-OH is 2. The van der Waals surface area contributed by atoms with Gasteiger partial charge in [-0.3, -0.25) is 0 Å². The lowest BCUT2D eigenvalue weighted by Crippen LogP contribution is -2.39. The van der Waals surface area contributed by atoms with Crippen LogP contribution in [0.15, 0.2) is 48.5 Å². The Balaban J connectivity index is 0.000000276. The summed E-state index contributed by atoms with van der Waals surface area (Å²) in [7, 11) is 2.75. The molecule has 2 aromatic carbocycles. The monoisotopic (exact) mass is 704 g/mol. The van der Waals surface area contributed by atoms with Gasteiger partial charge < -0.3 is 50.0 Å². The quantitative estimate of drug-likeness (QED) is 0.186. The second-order valence-electron chi connectivity index (χ2n) is 13.0. The summed E-state index contributed by atoms with van der Waals surface area (Å²) in [4.78, 5) is 42.9. The number of rotatable bonds is 11. The molecule has 14 nitrogen and oxygen atoms in total. The summed E-state index contributed by atoms with van der Waals surface area (Å²) in [5.74, 6) is -1.82. The molecule has 2 aliphatic rings. The van der Waals surface area contributed by atoms with Gasteiger partial charge in [-0.25, -0.2) is 19.2 Å². The first-order valence-corrected chi connectivity index (χ1v) is 16.5. The number of ether oxygens (including phenoxy) is 4. The van der Waals surface area contributed by atoms with E-state index in [4.69, 9.17) is 39.4 Å². The van der Waals surface area contributed by atoms with E-state index in [0.717, 1.165) is 26.2 Å². The van der Waals surface area contributed by atoms with Crippen LogP contribution in [0.25, 0.3) is 0 Å². The molecule has 0 amide bonds. The van der Waals surface area contributed by atoms with E-state index in [1.165, 1.54) is 51.0 Å². The topological polar surface area (TPSA) is 210 Å². The standard InChI is InChI=1S/2C16H23NO3.C4H6O6/c2*1-16(2,15(18)19-3)20-14-8-4-6-12(10-14)13-7-5-9-17-11-13;5-1(3(7)8)2(6)4(9)10/h2*4,6,8,10,13,17H,5,7,9,11H2,1-3H3;1-2,5-6H,(H,7,8)(H,9,10)/t13-;;/m1../s1. The highest BCUT2D eigenvalue weighted by molar-refractivity contribution is 5.83. The lowest BCUT2D eigenvalue weighted by Gasteiger charge is -2.26. The SMILES string of the molecule is COC(=O)C(C)(C)Oc1cccc(C2CCCNC2)c1.COC(=O)C(C)(C)Oc1cccc([C@@H]2CCCNC2)c1.O=C(O)C(O)C(O)C(=O)O. The molecule has 0 spiro atoms. The first-order chi connectivity index (χ1) is 23.5. The number of aliphatic carboxylic acids is 2. The third-order valence-corrected chi connectivity index (χ3v) is 8.16. The third kappa shape index (κ3) is 13.2. The van der Waals surface area contributed by atoms with Gasteiger partial charge in [-0.05, 0) is 114 Å². The number of aliphatic hydroxyl groups is 2. The maximum atomic E-state index is 11.7. The minimum absolute atomic E-state index is 0.373. The molecular formula is C36H52N2O12. The molecule has 3 unspecified atom stereocenters. The number of carboxylic acid groups (broad SMARTS) is 2. The molecule has 0 bridgehead atoms. The zero-order chi connectivity index (χ0) is 37.5. The number of carbonyl (C=O) groups is 4. The minimum atomic E-state index is -2.27. The fourth-order valence-electron chi connectivity index (χ4n) is 5.37. The molecule has 2 aromatic rings. The molecule has 0 radical (unpaired) electrons. The van der Waals surface area contributed by atoms with Crippen LogP contribution < -0.4 is 20.1 Å². The number of carboxylic acids is 2. The van der Waals surface area contributed by atoms with Crippen molar-refractivity contribution >= 4 is 23.9 Å². The van der Waals surface area contributed by atoms with Crippen LogP contribution in [0.2, 0.25) is 0 Å². The molecule has 6 N–H and O–H groups in total. The minimum Gasteiger partial charge on any atom is -0.479 e. The smallest absolute Gasteiger partial charge is 0.349 e. The molecule has 2 heterocycles. The molecule has 2 fully saturated rings. The van der Waals surface area contributed by atoms with Gasteiger partial charge in [0.15, 0.2) is 23.4 Å². The molecule has 50 heavy (non-hydrogen) atoms. The van der Waals surface area contributed by atoms with Crippen molar-refractivity contribution < 1.29 is 58.6 Å². The summed E-state index contributed by atoms with van der Waals surface area (Å²) < 4.78 is 21.1. The number of hydrogen-bond donors (Lipinski definition) is 6. The van der Waals surface area contributed by atoms with Crippen molar-refractivity contribution in [1.29, 1.82) is 0 Å². The van der Waals surface area contributed by atoms with Gasteiger partial charge in [-0.15, -0.1) is 0 Å². The molecule has 2 aliphatic heterocycles. The summed E-state index contributed by atoms with van der Waals surface area (Å²) in [6.45, 7) is 11.1. The Morgan fingerprint density at radius 3 is 1.32 bits per heavy atom. The largest absolute Gasteiger partial charge is 0.479 e. The van der Waals surface area contributed by atoms with Crippen molar-refractivity contribution in [1.82, 2.24) is 10.6 Å². The molecular weight excluding hydrogens is 652 g/mol. The van der Waals surface area contributed by atoms with Gasteiger partial charge in [-0.1, -0.05) is 24.3 Å². The van der Waals surface area contributed by atoms with Crippen LogP contribution >= 0.6 is 0 Å². The number of methoxy groups -OCH3 is 2. The van der Waals surface area contributed by atoms with E-state index in [1.54, 1.807) is 27.7 Å². The summed E-state index contributed by atoms with van der Waals surface area (Å²) in [5, 5.41) is 39.4. The fourth-order valence-corrected chi connectivity index (χ4v) is 5.37. The molecule has 0 aromatic heterocycles. The molecule has 0 saturated carbocycles. The van der Waals surface area contributed by atoms with E-state index in [0.29, 0.717) is 23.3 Å². The molecule has 4 rings (SSSR count). The van der Waals surface area contributed by atoms with Crippen LogP contribution in [0, 0.1) is 0 Å². The average molecular weight is 705 g/mol. The number of piperidine rings is 2. The summed E-state index contributed by atoms with van der Waals surface area (Å²) in [5.41, 5.74) is 0.571. The van der Waals surface area contributed by atoms with Crippen LogP contribution in [0.4, 0.5) is 0 Å². The lowest BCUT2D eigenvalue weighted by atomic mass is 9.91. The Morgan fingerprint density at radius 1 is 0.680 bits per heavy atom. The van der Waals surface area contributed by atoms with Gasteiger partial charge in [0.05, 0.1) is 14.2 Å². The number of esters is 2. The Labute approximate surface area is 293 Å². The third-order valence-electron chi connectivity index (χ3n) is 8.16. The summed E-state index contributed by atoms with van der Waals surface area (Å²) in [6, 6.07) is 16.0. The van der Waals surface area contributed by atoms with Crippen LogP contribution in [0.3, 0.4) is 0 Å². The highest BCUT2D eigenvalue weighted by atomic mass is 16.6. The van der Waals surface area contributed by atoms with Crippen LogP contribution in [-0.4, -0.2) is 108 Å². The Bertz CT molecular complexity index is 1300. The molecule has 2 saturated heterocycles. The van der Waals surface area contributed by atoms with Crippen molar-refractivity contribution in [2.24, 2.45) is 0 Å². The number of nitrogens with one attached hydrogen (secondary N) is 2. The van der Waals surface area contributed by atoms with E-state index in [1.807, 2.05) is 36.4 Å². The van der Waals surface area contributed by atoms with Gasteiger partial charge in [-0.2, -0.15) is 0 Å². The number of benzene rings is 2. The summed E-state index contributed by atoms with van der Waals surface area (Å²) in [6.07, 6.45) is 0.246. The normalized spacial score (nSPS) is 18.7. The van der Waals surface area contributed by atoms with Gasteiger partial charge >= 0.3 is 23.9 Å². The first kappa shape index (κ1) is 41.9. The summed E-state index contributed by atoms with van der Waals surface area (Å²) >= 11 is 0. The first-order valence-electron chi connectivity index (χ1n) is 16.5. The van der Waals surface area contributed by atoms with E-state index >= 15 is 0 Å². The molecule has 14 heteroatoms. The van der Waals surface area contributed by atoms with Crippen LogP contribution in [0.1, 0.15) is 76.3 Å². The molecule has 278 valence electrons. The van der Waals surface area contributed by atoms with E-state index < -0.39 is 35.3 Å². The predicted molar refractivity (Wildman–Crippen MR) is 183 cm³/mol. The zero-order valence-electron chi connectivity index (χ0n) is 29.6. The Morgan fingerprint density at radius 2 is 1.04 bits per heavy atom. The maximum Gasteiger partial charge on any atom is 0.349 e. The second-order valence-corrected chi connectivity index (χ2v) is 13.0. The average Bonchev–Trinajstić information content (AvgIpc) is 3.11. The Hall–Kier alpha value is -4.24. The predicted octanol–water partition coefficient (Wildman–Crippen LogP) is 2.85. The fraction of sp³-hybridized carbons (Fsp3) is 0.556. The molecule has 4 atom stereocenters. The lowest BCUT2D eigenvalue weighted by molar-refractivity contribution is -0.165. The second kappa shape index (κ2) is 19.8. The van der Waals surface area contributed by atoms with Crippen LogP contribution in [-0.2, 0) is 28.7 Å². The highest BCUT2D eigenvalue weighted by Gasteiger charge is 2.32. The maximum absolute atomic E-state index is 11.7. The van der Waals surface area contributed by atoms with E-state index in [2.05, 4.69) is 22.8 Å². The van der Waals surface area contributed by atoms with Gasteiger partial charge in [0.2, 0.25) is 0 Å². The molecule has 0 aliphatic carbocycles. The Kier molecular flexibility index (Phi) is 16.6.